The molecule has 34 heavy (non-hydrogen) atoms. The molecule has 0 aliphatic carbocycles. The Morgan fingerprint density at radius 3 is 2.68 bits per heavy atom. The summed E-state index contributed by atoms with van der Waals surface area (Å²) in [5.41, 5.74) is 4.03. The van der Waals surface area contributed by atoms with E-state index in [2.05, 4.69) is 24.8 Å². The number of nitrogens with one attached hydrogen (secondary N) is 1. The number of H-pyrrole nitrogens is 1. The van der Waals surface area contributed by atoms with Gasteiger partial charge in [-0.25, -0.2) is 19.3 Å². The van der Waals surface area contributed by atoms with Crippen molar-refractivity contribution < 1.29 is 14.6 Å². The number of pyridine rings is 1. The average molecular weight is 461 g/mol. The molecule has 0 saturated carbocycles. The van der Waals surface area contributed by atoms with Gasteiger partial charge in [-0.2, -0.15) is 0 Å². The first-order valence-corrected chi connectivity index (χ1v) is 11.5. The molecule has 2 unspecified atom stereocenters. The molecule has 7 rings (SSSR count). The monoisotopic (exact) mass is 460 g/mol. The van der Waals surface area contributed by atoms with E-state index in [0.717, 1.165) is 53.3 Å². The number of hydrogen-bond donors (Lipinski definition) is 3. The van der Waals surface area contributed by atoms with Crippen LogP contribution < -0.4 is 4.90 Å². The van der Waals surface area contributed by atoms with Crippen LogP contribution in [0.4, 0.5) is 10.2 Å². The first-order chi connectivity index (χ1) is 16.6. The van der Waals surface area contributed by atoms with Crippen molar-refractivity contribution in [2.24, 2.45) is 0 Å². The summed E-state index contributed by atoms with van der Waals surface area (Å²) in [6, 6.07) is 10.9. The normalized spacial score (nSPS) is 20.0. The van der Waals surface area contributed by atoms with Crippen LogP contribution in [0, 0.1) is 5.82 Å². The highest BCUT2D eigenvalue weighted by molar-refractivity contribution is 5.91. The van der Waals surface area contributed by atoms with E-state index in [4.69, 9.17) is 4.98 Å². The molecule has 3 aliphatic heterocycles. The molecule has 2 bridgehead atoms. The Morgan fingerprint density at radius 1 is 1.06 bits per heavy atom. The van der Waals surface area contributed by atoms with Crippen molar-refractivity contribution >= 4 is 16.9 Å². The second kappa shape index (κ2) is 8.34. The van der Waals surface area contributed by atoms with Gasteiger partial charge in [0.05, 0.1) is 5.69 Å². The van der Waals surface area contributed by atoms with E-state index in [1.54, 1.807) is 0 Å². The lowest BCUT2D eigenvalue weighted by Crippen LogP contribution is -2.68. The molecule has 0 spiro atoms. The molecule has 9 heteroatoms. The second-order valence-electron chi connectivity index (χ2n) is 9.05. The van der Waals surface area contributed by atoms with E-state index in [9.17, 15) is 14.6 Å². The fourth-order valence-corrected chi connectivity index (χ4v) is 5.20. The third kappa shape index (κ3) is 3.66. The fourth-order valence-electron chi connectivity index (χ4n) is 5.20. The summed E-state index contributed by atoms with van der Waals surface area (Å²) in [4.78, 5) is 21.4. The maximum absolute atomic E-state index is 13.6. The van der Waals surface area contributed by atoms with Crippen LogP contribution in [0.25, 0.3) is 22.3 Å². The number of fused-ring (bicyclic) bond motifs is 3. The number of aromatic amines is 1. The lowest BCUT2D eigenvalue weighted by atomic mass is 9.86. The van der Waals surface area contributed by atoms with Crippen LogP contribution in [0.5, 0.6) is 5.75 Å². The number of aromatic hydroxyl groups is 1. The molecule has 3 aromatic heterocycles. The van der Waals surface area contributed by atoms with Gasteiger partial charge in [0.25, 0.3) is 0 Å². The number of aliphatic hydroxyl groups is 1. The number of nitrogens with zero attached hydrogens (tertiary/aromatic N) is 5. The van der Waals surface area contributed by atoms with Crippen molar-refractivity contribution in [1.82, 2.24) is 24.8 Å². The topological polar surface area (TPSA) is 101 Å². The number of aliphatic hydroxyl groups excluding tert-OH is 1. The van der Waals surface area contributed by atoms with Crippen molar-refractivity contribution in [2.45, 2.75) is 31.5 Å². The minimum absolute atomic E-state index is 0.0739. The summed E-state index contributed by atoms with van der Waals surface area (Å²) in [6.07, 6.45) is 5.03. The molecule has 0 radical (unpaired) electrons. The molecule has 6 heterocycles. The van der Waals surface area contributed by atoms with Crippen molar-refractivity contribution in [3.8, 4) is 17.0 Å². The number of phenols is 1. The average Bonchev–Trinajstić information content (AvgIpc) is 3.27. The number of aromatic nitrogens is 4. The number of phenolic OH excluding ortho intramolecular Hbond substituents is 1. The highest BCUT2D eigenvalue weighted by Gasteiger charge is 2.44. The zero-order valence-electron chi connectivity index (χ0n) is 18.5. The smallest absolute Gasteiger partial charge is 0.141 e. The van der Waals surface area contributed by atoms with Gasteiger partial charge in [-0.3, -0.25) is 4.90 Å². The Bertz CT molecular complexity index is 1330. The standard InChI is InChI=1S/C25H25FN6O2/c26-17-2-3-22(34)16(7-17)11-32-19-9-20(32)13-31(12-19)23-4-1-15(10-27-23)24-21-8-18(5-6-33)30-25(21)29-14-28-24/h1-4,7-8,10,14,19-20,33-34H,5-6,9,11-13H2,(H,28,29,30). The van der Waals surface area contributed by atoms with Gasteiger partial charge < -0.3 is 20.1 Å². The maximum Gasteiger partial charge on any atom is 0.141 e. The van der Waals surface area contributed by atoms with Gasteiger partial charge in [-0.1, -0.05) is 0 Å². The van der Waals surface area contributed by atoms with E-state index < -0.39 is 0 Å². The Labute approximate surface area is 195 Å². The molecule has 3 fully saturated rings. The number of rotatable bonds is 6. The van der Waals surface area contributed by atoms with Crippen molar-refractivity contribution in [3.63, 3.8) is 0 Å². The van der Waals surface area contributed by atoms with Gasteiger partial charge >= 0.3 is 0 Å². The number of hydrogen-bond acceptors (Lipinski definition) is 7. The molecular weight excluding hydrogens is 435 g/mol. The lowest BCUT2D eigenvalue weighted by molar-refractivity contribution is -0.00921. The Morgan fingerprint density at radius 2 is 1.91 bits per heavy atom. The largest absolute Gasteiger partial charge is 0.508 e. The number of piperidine rings is 1. The van der Waals surface area contributed by atoms with Crippen molar-refractivity contribution in [2.75, 3.05) is 24.6 Å². The number of benzene rings is 1. The molecule has 4 aromatic rings. The van der Waals surface area contributed by atoms with Crippen molar-refractivity contribution in [1.29, 1.82) is 0 Å². The summed E-state index contributed by atoms with van der Waals surface area (Å²) in [7, 11) is 0. The Hall–Kier alpha value is -3.56. The summed E-state index contributed by atoms with van der Waals surface area (Å²) in [5, 5.41) is 20.2. The quantitative estimate of drug-likeness (QED) is 0.407. The molecule has 0 amide bonds. The van der Waals surface area contributed by atoms with Crippen LogP contribution in [0.1, 0.15) is 17.7 Å². The third-order valence-corrected chi connectivity index (χ3v) is 6.95. The van der Waals surface area contributed by atoms with Crippen LogP contribution in [0.2, 0.25) is 0 Å². The first-order valence-electron chi connectivity index (χ1n) is 11.5. The molecular formula is C25H25FN6O2. The van der Waals surface area contributed by atoms with Crippen LogP contribution in [-0.4, -0.2) is 66.8 Å². The van der Waals surface area contributed by atoms with E-state index in [1.807, 2.05) is 24.4 Å². The van der Waals surface area contributed by atoms with Crippen LogP contribution >= 0.6 is 0 Å². The molecule has 2 atom stereocenters. The molecule has 174 valence electrons. The highest BCUT2D eigenvalue weighted by atomic mass is 19.1. The lowest BCUT2D eigenvalue weighted by Gasteiger charge is -2.56. The van der Waals surface area contributed by atoms with E-state index in [0.29, 0.717) is 30.6 Å². The Balaban J connectivity index is 1.17. The fraction of sp³-hybridized carbons (Fsp3) is 0.320. The van der Waals surface area contributed by atoms with Gasteiger partial charge in [0.15, 0.2) is 0 Å². The van der Waals surface area contributed by atoms with Gasteiger partial charge in [0, 0.05) is 73.1 Å². The predicted molar refractivity (Wildman–Crippen MR) is 126 cm³/mol. The van der Waals surface area contributed by atoms with E-state index in [-0.39, 0.29) is 18.2 Å². The van der Waals surface area contributed by atoms with Crippen LogP contribution in [0.3, 0.4) is 0 Å². The van der Waals surface area contributed by atoms with Gasteiger partial charge in [0.1, 0.15) is 29.4 Å². The summed E-state index contributed by atoms with van der Waals surface area (Å²) in [6.45, 7) is 2.32. The van der Waals surface area contributed by atoms with Gasteiger partial charge in [-0.05, 0) is 42.8 Å². The van der Waals surface area contributed by atoms with Gasteiger partial charge in [-0.15, -0.1) is 0 Å². The molecule has 3 saturated heterocycles. The number of piperazine rings is 1. The van der Waals surface area contributed by atoms with Gasteiger partial charge in [0.2, 0.25) is 0 Å². The summed E-state index contributed by atoms with van der Waals surface area (Å²) < 4.78 is 13.6. The van der Waals surface area contributed by atoms with Crippen LogP contribution in [0.15, 0.2) is 48.9 Å². The predicted octanol–water partition coefficient (Wildman–Crippen LogP) is 2.86. The summed E-state index contributed by atoms with van der Waals surface area (Å²) in [5.74, 6) is 0.742. The van der Waals surface area contributed by atoms with E-state index >= 15 is 0 Å². The minimum atomic E-state index is -0.324. The Kier molecular flexibility index (Phi) is 5.15. The maximum atomic E-state index is 13.6. The SMILES string of the molecule is OCCc1cc2c(-c3ccc(N4CC5CC(C4)N5Cc4cc(F)ccc4O)nc3)ncnc2[nH]1. The molecule has 1 aromatic carbocycles. The number of anilines is 1. The van der Waals surface area contributed by atoms with Crippen LogP contribution in [-0.2, 0) is 13.0 Å². The van der Waals surface area contributed by atoms with Crippen molar-refractivity contribution in [3.05, 3.63) is 66.0 Å². The molecule has 3 N–H and O–H groups in total. The molecule has 8 nitrogen and oxygen atoms in total. The third-order valence-electron chi connectivity index (χ3n) is 6.95. The zero-order chi connectivity index (χ0) is 23.2. The second-order valence-corrected chi connectivity index (χ2v) is 9.05. The first kappa shape index (κ1) is 21.0. The minimum Gasteiger partial charge on any atom is -0.508 e. The summed E-state index contributed by atoms with van der Waals surface area (Å²) >= 11 is 0. The zero-order valence-corrected chi connectivity index (χ0v) is 18.5. The van der Waals surface area contributed by atoms with E-state index in [1.165, 1.54) is 24.5 Å². The number of halogens is 1. The molecule has 3 aliphatic rings. The highest BCUT2D eigenvalue weighted by Crippen LogP contribution is 2.37.